The van der Waals surface area contributed by atoms with Crippen LogP contribution in [0.1, 0.15) is 28.5 Å². The summed E-state index contributed by atoms with van der Waals surface area (Å²) < 4.78 is 1.08. The van der Waals surface area contributed by atoms with Crippen LogP contribution in [0.3, 0.4) is 0 Å². The molecule has 0 saturated heterocycles. The number of carbonyl (C=O) groups excluding carboxylic acids is 1. The highest BCUT2D eigenvalue weighted by atomic mass is 32.1. The third kappa shape index (κ3) is 5.34. The lowest BCUT2D eigenvalue weighted by molar-refractivity contribution is -0.116. The summed E-state index contributed by atoms with van der Waals surface area (Å²) in [5.41, 5.74) is 4.92. The Morgan fingerprint density at radius 3 is 2.10 bits per heavy atom. The van der Waals surface area contributed by atoms with E-state index < -0.39 is 0 Å². The molecule has 3 aromatic carbocycles. The number of aryl methyl sites for hydroxylation is 2. The molecule has 0 bridgehead atoms. The molecule has 1 atom stereocenters. The molecule has 4 nitrogen and oxygen atoms in total. The first-order valence-electron chi connectivity index (χ1n) is 10.1. The number of thiocarbonyl (C=S) groups is 1. The zero-order valence-electron chi connectivity index (χ0n) is 17.4. The summed E-state index contributed by atoms with van der Waals surface area (Å²) in [5, 5.41) is 7.12. The first-order valence-corrected chi connectivity index (χ1v) is 11.3. The maximum atomic E-state index is 12.9. The number of para-hydroxylation sites is 1. The van der Waals surface area contributed by atoms with Gasteiger partial charge in [-0.3, -0.25) is 4.79 Å². The highest BCUT2D eigenvalue weighted by molar-refractivity contribution is 7.80. The van der Waals surface area contributed by atoms with Crippen LogP contribution in [-0.4, -0.2) is 15.9 Å². The summed E-state index contributed by atoms with van der Waals surface area (Å²) in [7, 11) is 0. The molecule has 0 aliphatic rings. The van der Waals surface area contributed by atoms with Crippen molar-refractivity contribution in [3.05, 3.63) is 88.9 Å². The molecule has 0 saturated carbocycles. The van der Waals surface area contributed by atoms with Crippen LogP contribution in [0.4, 0.5) is 11.4 Å². The van der Waals surface area contributed by atoms with Crippen LogP contribution in [0, 0.1) is 13.8 Å². The number of carbonyl (C=O) groups is 1. The summed E-state index contributed by atoms with van der Waals surface area (Å²) in [6, 6.07) is 23.8. The van der Waals surface area contributed by atoms with Crippen LogP contribution in [0.2, 0.25) is 0 Å². The molecule has 0 aliphatic heterocycles. The van der Waals surface area contributed by atoms with E-state index in [1.807, 2.05) is 86.6 Å². The van der Waals surface area contributed by atoms with E-state index >= 15 is 0 Å². The molecule has 0 radical (unpaired) electrons. The summed E-state index contributed by atoms with van der Waals surface area (Å²) in [6.07, 6.45) is 0.214. The van der Waals surface area contributed by atoms with Gasteiger partial charge in [0.2, 0.25) is 5.91 Å². The second kappa shape index (κ2) is 9.37. The summed E-state index contributed by atoms with van der Waals surface area (Å²) in [4.78, 5) is 18.2. The number of hydrogen-bond donors (Lipinski definition) is 2. The minimum Gasteiger partial charge on any atom is -0.349 e. The Hall–Kier alpha value is -3.09. The number of rotatable bonds is 6. The van der Waals surface area contributed by atoms with Gasteiger partial charge >= 0.3 is 0 Å². The molecule has 0 fully saturated rings. The third-order valence-corrected chi connectivity index (χ3v) is 6.51. The number of hydrogen-bond acceptors (Lipinski definition) is 4. The van der Waals surface area contributed by atoms with Crippen LogP contribution in [0.5, 0.6) is 0 Å². The fraction of sp³-hybridized carbons (Fsp3) is 0.160. The maximum absolute atomic E-state index is 12.9. The molecule has 4 rings (SSSR count). The van der Waals surface area contributed by atoms with E-state index in [2.05, 4.69) is 10.6 Å². The van der Waals surface area contributed by atoms with Crippen molar-refractivity contribution in [3.63, 3.8) is 0 Å². The molecule has 0 aliphatic carbocycles. The zero-order chi connectivity index (χ0) is 21.8. The predicted molar refractivity (Wildman–Crippen MR) is 134 cm³/mol. The van der Waals surface area contributed by atoms with Crippen LogP contribution in [0.15, 0.2) is 72.8 Å². The SMILES string of the molecule is Cc1ccc(NC(=O)CC(C(=S)Nc2ccc(C)cc2)c2nc3ccccc3s2)cc1. The number of aromatic nitrogens is 1. The van der Waals surface area contributed by atoms with Crippen molar-refractivity contribution in [3.8, 4) is 0 Å². The second-order valence-electron chi connectivity index (χ2n) is 7.55. The van der Waals surface area contributed by atoms with Crippen LogP contribution in [-0.2, 0) is 4.79 Å². The molecule has 1 amide bonds. The average molecular weight is 446 g/mol. The molecule has 31 heavy (non-hydrogen) atoms. The maximum Gasteiger partial charge on any atom is 0.225 e. The first kappa shape index (κ1) is 21.2. The van der Waals surface area contributed by atoms with Crippen molar-refractivity contribution < 1.29 is 4.79 Å². The van der Waals surface area contributed by atoms with Crippen LogP contribution < -0.4 is 10.6 Å². The molecular weight excluding hydrogens is 422 g/mol. The number of thiazole rings is 1. The van der Waals surface area contributed by atoms with E-state index in [-0.39, 0.29) is 18.2 Å². The Balaban J connectivity index is 1.58. The van der Waals surface area contributed by atoms with Gasteiger partial charge in [-0.2, -0.15) is 0 Å². The van der Waals surface area contributed by atoms with Gasteiger partial charge in [-0.15, -0.1) is 11.3 Å². The molecule has 4 aromatic rings. The van der Waals surface area contributed by atoms with Crippen molar-refractivity contribution in [2.24, 2.45) is 0 Å². The van der Waals surface area contributed by atoms with Gasteiger partial charge in [0.1, 0.15) is 5.01 Å². The van der Waals surface area contributed by atoms with E-state index in [0.717, 1.165) is 32.2 Å². The Bertz CT molecular complexity index is 1180. The smallest absolute Gasteiger partial charge is 0.225 e. The molecule has 6 heteroatoms. The molecular formula is C25H23N3OS2. The van der Waals surface area contributed by atoms with Crippen molar-refractivity contribution in [2.45, 2.75) is 26.2 Å². The van der Waals surface area contributed by atoms with Crippen LogP contribution >= 0.6 is 23.6 Å². The largest absolute Gasteiger partial charge is 0.349 e. The standard InChI is InChI=1S/C25H23N3OS2/c1-16-7-11-18(12-8-16)26-23(29)15-20(24(30)27-19-13-9-17(2)10-14-19)25-28-21-5-3-4-6-22(21)31-25/h3-14,20H,15H2,1-2H3,(H,26,29)(H,27,30). The minimum atomic E-state index is -0.320. The first-order chi connectivity index (χ1) is 15.0. The predicted octanol–water partition coefficient (Wildman–Crippen LogP) is 6.47. The van der Waals surface area contributed by atoms with Crippen molar-refractivity contribution >= 4 is 56.0 Å². The lowest BCUT2D eigenvalue weighted by atomic mass is 10.0. The van der Waals surface area contributed by atoms with Gasteiger partial charge in [0, 0.05) is 17.8 Å². The van der Waals surface area contributed by atoms with Gasteiger partial charge in [-0.1, -0.05) is 59.7 Å². The Labute approximate surface area is 191 Å². The topological polar surface area (TPSA) is 54.0 Å². The number of fused-ring (bicyclic) bond motifs is 1. The fourth-order valence-corrected chi connectivity index (χ4v) is 4.70. The number of anilines is 2. The highest BCUT2D eigenvalue weighted by Crippen LogP contribution is 2.31. The molecule has 1 aromatic heterocycles. The zero-order valence-corrected chi connectivity index (χ0v) is 19.0. The van der Waals surface area contributed by atoms with E-state index in [4.69, 9.17) is 17.2 Å². The lowest BCUT2D eigenvalue weighted by Gasteiger charge is -2.17. The molecule has 0 spiro atoms. The van der Waals surface area contributed by atoms with Gasteiger partial charge in [-0.25, -0.2) is 4.98 Å². The monoisotopic (exact) mass is 445 g/mol. The Kier molecular flexibility index (Phi) is 6.39. The van der Waals surface area contributed by atoms with E-state index in [9.17, 15) is 4.79 Å². The normalized spacial score (nSPS) is 11.8. The molecule has 1 unspecified atom stereocenters. The van der Waals surface area contributed by atoms with Gasteiger partial charge in [0.15, 0.2) is 0 Å². The fourth-order valence-electron chi connectivity index (χ4n) is 3.23. The average Bonchev–Trinajstić information content (AvgIpc) is 3.19. The molecule has 156 valence electrons. The van der Waals surface area contributed by atoms with Gasteiger partial charge in [-0.05, 0) is 50.2 Å². The molecule has 1 heterocycles. The third-order valence-electron chi connectivity index (χ3n) is 4.97. The van der Waals surface area contributed by atoms with Gasteiger partial charge in [0.05, 0.1) is 21.1 Å². The van der Waals surface area contributed by atoms with E-state index in [1.165, 1.54) is 5.56 Å². The molecule has 2 N–H and O–H groups in total. The highest BCUT2D eigenvalue weighted by Gasteiger charge is 2.25. The number of nitrogens with zero attached hydrogens (tertiary/aromatic N) is 1. The summed E-state index contributed by atoms with van der Waals surface area (Å²) in [5.74, 6) is -0.416. The number of amides is 1. The summed E-state index contributed by atoms with van der Waals surface area (Å²) in [6.45, 7) is 4.06. The van der Waals surface area contributed by atoms with E-state index in [1.54, 1.807) is 11.3 Å². The second-order valence-corrected chi connectivity index (χ2v) is 9.05. The number of nitrogens with one attached hydrogen (secondary N) is 2. The van der Waals surface area contributed by atoms with Gasteiger partial charge in [0.25, 0.3) is 0 Å². The van der Waals surface area contributed by atoms with Crippen molar-refractivity contribution in [1.82, 2.24) is 4.98 Å². The van der Waals surface area contributed by atoms with Gasteiger partial charge < -0.3 is 10.6 Å². The minimum absolute atomic E-state index is 0.0961. The quantitative estimate of drug-likeness (QED) is 0.334. The van der Waals surface area contributed by atoms with E-state index in [0.29, 0.717) is 4.99 Å². The van der Waals surface area contributed by atoms with Crippen LogP contribution in [0.25, 0.3) is 10.2 Å². The number of benzene rings is 3. The Morgan fingerprint density at radius 2 is 1.48 bits per heavy atom. The van der Waals surface area contributed by atoms with Crippen molar-refractivity contribution in [1.29, 1.82) is 0 Å². The summed E-state index contributed by atoms with van der Waals surface area (Å²) >= 11 is 7.33. The van der Waals surface area contributed by atoms with Crippen molar-refractivity contribution in [2.75, 3.05) is 10.6 Å². The lowest BCUT2D eigenvalue weighted by Crippen LogP contribution is -2.24. The Morgan fingerprint density at radius 1 is 0.903 bits per heavy atom.